The first-order valence-electron chi connectivity index (χ1n) is 9.45. The average molecular weight is 369 g/mol. The molecule has 1 atom stereocenters. The van der Waals surface area contributed by atoms with Crippen molar-refractivity contribution in [3.8, 4) is 5.75 Å². The Morgan fingerprint density at radius 3 is 2.96 bits per heavy atom. The van der Waals surface area contributed by atoms with E-state index in [-0.39, 0.29) is 5.91 Å². The molecule has 1 aliphatic rings. The Kier molecular flexibility index (Phi) is 6.98. The number of amides is 1. The van der Waals surface area contributed by atoms with Crippen molar-refractivity contribution in [3.05, 3.63) is 48.3 Å². The largest absolute Gasteiger partial charge is 0.492 e. The second kappa shape index (κ2) is 9.87. The van der Waals surface area contributed by atoms with Crippen LogP contribution in [0.2, 0.25) is 0 Å². The number of nitrogens with two attached hydrogens (primary N) is 1. The Balaban J connectivity index is 1.46. The zero-order chi connectivity index (χ0) is 18.9. The fourth-order valence-electron chi connectivity index (χ4n) is 3.30. The van der Waals surface area contributed by atoms with Gasteiger partial charge in [0.25, 0.3) is 0 Å². The topological polar surface area (TPSA) is 93.4 Å². The molecule has 144 valence electrons. The first-order valence-corrected chi connectivity index (χ1v) is 9.45. The third-order valence-corrected chi connectivity index (χ3v) is 4.59. The highest BCUT2D eigenvalue weighted by Gasteiger charge is 2.22. The Morgan fingerprint density at radius 1 is 1.30 bits per heavy atom. The summed E-state index contributed by atoms with van der Waals surface area (Å²) < 4.78 is 5.51. The van der Waals surface area contributed by atoms with Crippen LogP contribution in [0.3, 0.4) is 0 Å². The van der Waals surface area contributed by atoms with Gasteiger partial charge in [0.2, 0.25) is 11.9 Å². The molecule has 7 nitrogen and oxygen atoms in total. The predicted octanol–water partition coefficient (Wildman–Crippen LogP) is 1.39. The molecule has 0 bridgehead atoms. The molecule has 1 amide bonds. The maximum absolute atomic E-state index is 12.3. The maximum atomic E-state index is 12.3. The average Bonchev–Trinajstić information content (AvgIpc) is 2.72. The highest BCUT2D eigenvalue weighted by molar-refractivity contribution is 5.78. The van der Waals surface area contributed by atoms with Crippen molar-refractivity contribution < 1.29 is 9.53 Å². The SMILES string of the molecule is NCCOc1cccc(CC(=O)NCC2CCCN(c3ncccn3)C2)c1. The van der Waals surface area contributed by atoms with Crippen LogP contribution in [0.4, 0.5) is 5.95 Å². The lowest BCUT2D eigenvalue weighted by molar-refractivity contribution is -0.120. The molecule has 1 fully saturated rings. The quantitative estimate of drug-likeness (QED) is 0.730. The van der Waals surface area contributed by atoms with Gasteiger partial charge in [-0.3, -0.25) is 4.79 Å². The van der Waals surface area contributed by atoms with Gasteiger partial charge in [-0.2, -0.15) is 0 Å². The zero-order valence-electron chi connectivity index (χ0n) is 15.5. The van der Waals surface area contributed by atoms with E-state index in [4.69, 9.17) is 10.5 Å². The lowest BCUT2D eigenvalue weighted by atomic mass is 9.98. The van der Waals surface area contributed by atoms with Gasteiger partial charge in [-0.15, -0.1) is 0 Å². The molecule has 3 N–H and O–H groups in total. The molecule has 2 aromatic rings. The van der Waals surface area contributed by atoms with Gasteiger partial charge in [0.15, 0.2) is 0 Å². The van der Waals surface area contributed by atoms with E-state index in [1.165, 1.54) is 0 Å². The molecule has 1 aromatic carbocycles. The van der Waals surface area contributed by atoms with E-state index < -0.39 is 0 Å². The summed E-state index contributed by atoms with van der Waals surface area (Å²) >= 11 is 0. The number of anilines is 1. The molecule has 3 rings (SSSR count). The molecule has 2 heterocycles. The first kappa shape index (κ1) is 19.1. The van der Waals surface area contributed by atoms with Gasteiger partial charge in [-0.05, 0) is 42.5 Å². The Bertz CT molecular complexity index is 725. The number of piperidine rings is 1. The minimum Gasteiger partial charge on any atom is -0.492 e. The van der Waals surface area contributed by atoms with Crippen LogP contribution in [0.5, 0.6) is 5.75 Å². The highest BCUT2D eigenvalue weighted by atomic mass is 16.5. The number of nitrogens with zero attached hydrogens (tertiary/aromatic N) is 3. The molecule has 1 saturated heterocycles. The van der Waals surface area contributed by atoms with Crippen LogP contribution >= 0.6 is 0 Å². The van der Waals surface area contributed by atoms with E-state index in [0.29, 0.717) is 32.0 Å². The highest BCUT2D eigenvalue weighted by Crippen LogP contribution is 2.19. The first-order chi connectivity index (χ1) is 13.2. The lowest BCUT2D eigenvalue weighted by Gasteiger charge is -2.32. The van der Waals surface area contributed by atoms with E-state index in [2.05, 4.69) is 20.2 Å². The molecule has 0 radical (unpaired) electrons. The van der Waals surface area contributed by atoms with Gasteiger partial charge in [-0.1, -0.05) is 12.1 Å². The normalized spacial score (nSPS) is 16.8. The minimum absolute atomic E-state index is 0.0269. The number of hydrogen-bond donors (Lipinski definition) is 2. The summed E-state index contributed by atoms with van der Waals surface area (Å²) in [4.78, 5) is 23.2. The van der Waals surface area contributed by atoms with E-state index in [0.717, 1.165) is 43.2 Å². The van der Waals surface area contributed by atoms with Crippen molar-refractivity contribution >= 4 is 11.9 Å². The summed E-state index contributed by atoms with van der Waals surface area (Å²) in [7, 11) is 0. The number of carbonyl (C=O) groups is 1. The van der Waals surface area contributed by atoms with Crippen LogP contribution in [0.25, 0.3) is 0 Å². The van der Waals surface area contributed by atoms with Crippen LogP contribution in [0.1, 0.15) is 18.4 Å². The molecule has 0 spiro atoms. The van der Waals surface area contributed by atoms with Crippen molar-refractivity contribution in [2.45, 2.75) is 19.3 Å². The van der Waals surface area contributed by atoms with Crippen molar-refractivity contribution in [2.24, 2.45) is 11.7 Å². The second-order valence-electron chi connectivity index (χ2n) is 6.77. The Hall–Kier alpha value is -2.67. The van der Waals surface area contributed by atoms with Gasteiger partial charge >= 0.3 is 0 Å². The van der Waals surface area contributed by atoms with E-state index in [9.17, 15) is 4.79 Å². The molecule has 1 aliphatic heterocycles. The molecule has 1 unspecified atom stereocenters. The Labute approximate surface area is 159 Å². The van der Waals surface area contributed by atoms with Crippen molar-refractivity contribution in [1.82, 2.24) is 15.3 Å². The summed E-state index contributed by atoms with van der Waals surface area (Å²) in [6.07, 6.45) is 6.06. The zero-order valence-corrected chi connectivity index (χ0v) is 15.5. The van der Waals surface area contributed by atoms with Crippen LogP contribution in [0.15, 0.2) is 42.7 Å². The van der Waals surface area contributed by atoms with Crippen LogP contribution in [0, 0.1) is 5.92 Å². The molecule has 27 heavy (non-hydrogen) atoms. The molecule has 0 saturated carbocycles. The number of rotatable bonds is 8. The number of hydrogen-bond acceptors (Lipinski definition) is 6. The molecule has 1 aromatic heterocycles. The summed E-state index contributed by atoms with van der Waals surface area (Å²) in [5.74, 6) is 1.95. The van der Waals surface area contributed by atoms with Gasteiger partial charge in [-0.25, -0.2) is 9.97 Å². The molecular formula is C20H27N5O2. The number of carbonyl (C=O) groups excluding carboxylic acids is 1. The van der Waals surface area contributed by atoms with E-state index in [1.54, 1.807) is 12.4 Å². The van der Waals surface area contributed by atoms with Gasteiger partial charge in [0, 0.05) is 38.6 Å². The number of ether oxygens (including phenoxy) is 1. The third kappa shape index (κ3) is 5.92. The number of nitrogens with one attached hydrogen (secondary N) is 1. The summed E-state index contributed by atoms with van der Waals surface area (Å²) in [5.41, 5.74) is 6.39. The van der Waals surface area contributed by atoms with Crippen LogP contribution in [-0.4, -0.2) is 48.7 Å². The standard InChI is InChI=1S/C20H27N5O2/c21-7-11-27-18-6-1-4-16(12-18)13-19(26)24-14-17-5-2-10-25(15-17)20-22-8-3-9-23-20/h1,3-4,6,8-9,12,17H,2,5,7,10-11,13-15,21H2,(H,24,26). The lowest BCUT2D eigenvalue weighted by Crippen LogP contribution is -2.41. The molecule has 0 aliphatic carbocycles. The van der Waals surface area contributed by atoms with Gasteiger partial charge < -0.3 is 20.7 Å². The van der Waals surface area contributed by atoms with Gasteiger partial charge in [0.1, 0.15) is 12.4 Å². The number of benzene rings is 1. The molecule has 7 heteroatoms. The summed E-state index contributed by atoms with van der Waals surface area (Å²) in [6.45, 7) is 3.44. The van der Waals surface area contributed by atoms with Crippen molar-refractivity contribution in [2.75, 3.05) is 37.7 Å². The number of aromatic nitrogens is 2. The Morgan fingerprint density at radius 2 is 2.15 bits per heavy atom. The van der Waals surface area contributed by atoms with E-state index >= 15 is 0 Å². The van der Waals surface area contributed by atoms with E-state index in [1.807, 2.05) is 30.3 Å². The predicted molar refractivity (Wildman–Crippen MR) is 105 cm³/mol. The summed E-state index contributed by atoms with van der Waals surface area (Å²) in [6, 6.07) is 9.42. The van der Waals surface area contributed by atoms with Crippen LogP contribution < -0.4 is 20.7 Å². The maximum Gasteiger partial charge on any atom is 0.225 e. The van der Waals surface area contributed by atoms with Gasteiger partial charge in [0.05, 0.1) is 6.42 Å². The monoisotopic (exact) mass is 369 g/mol. The van der Waals surface area contributed by atoms with Crippen molar-refractivity contribution in [3.63, 3.8) is 0 Å². The second-order valence-corrected chi connectivity index (χ2v) is 6.77. The smallest absolute Gasteiger partial charge is 0.225 e. The fraction of sp³-hybridized carbons (Fsp3) is 0.450. The fourth-order valence-corrected chi connectivity index (χ4v) is 3.30. The molecular weight excluding hydrogens is 342 g/mol. The summed E-state index contributed by atoms with van der Waals surface area (Å²) in [5, 5.41) is 3.07. The van der Waals surface area contributed by atoms with Crippen molar-refractivity contribution in [1.29, 1.82) is 0 Å². The van der Waals surface area contributed by atoms with Crippen LogP contribution in [-0.2, 0) is 11.2 Å². The third-order valence-electron chi connectivity index (χ3n) is 4.59. The minimum atomic E-state index is 0.0269.